The number of hydrogen-bond acceptors (Lipinski definition) is 3. The van der Waals surface area contributed by atoms with Crippen molar-refractivity contribution in [1.82, 2.24) is 10.2 Å². The Hall–Kier alpha value is -1.68. The monoisotopic (exact) mass is 286 g/mol. The lowest BCUT2D eigenvalue weighted by Gasteiger charge is -2.33. The number of nitrogens with zero attached hydrogens (tertiary/aromatic N) is 1. The number of rotatable bonds is 3. The van der Waals surface area contributed by atoms with E-state index in [1.807, 2.05) is 30.1 Å². The molecule has 2 aliphatic rings. The first-order chi connectivity index (χ1) is 10.2. The maximum atomic E-state index is 12.8. The maximum absolute atomic E-state index is 12.8. The third-order valence-corrected chi connectivity index (χ3v) is 4.61. The van der Waals surface area contributed by atoms with E-state index in [1.165, 1.54) is 6.42 Å². The Bertz CT molecular complexity index is 566. The van der Waals surface area contributed by atoms with Crippen LogP contribution in [0.1, 0.15) is 45.5 Å². The van der Waals surface area contributed by atoms with E-state index in [4.69, 9.17) is 0 Å². The van der Waals surface area contributed by atoms with E-state index in [9.17, 15) is 9.59 Å². The highest BCUT2D eigenvalue weighted by Gasteiger charge is 2.29. The molecule has 112 valence electrons. The van der Waals surface area contributed by atoms with Gasteiger partial charge in [0.05, 0.1) is 0 Å². The SMILES string of the molecule is CNC[C@@H]1CCCN(C(=O)c2cccc3c2CCC3=O)C1. The van der Waals surface area contributed by atoms with Crippen LogP contribution in [-0.2, 0) is 6.42 Å². The molecular formula is C17H22N2O2. The molecule has 3 rings (SSSR count). The first kappa shape index (κ1) is 14.3. The Kier molecular flexibility index (Phi) is 4.06. The van der Waals surface area contributed by atoms with Crippen LogP contribution < -0.4 is 5.32 Å². The Morgan fingerprint density at radius 3 is 3.05 bits per heavy atom. The molecule has 0 bridgehead atoms. The van der Waals surface area contributed by atoms with Gasteiger partial charge in [-0.3, -0.25) is 9.59 Å². The lowest BCUT2D eigenvalue weighted by molar-refractivity contribution is 0.0673. The number of nitrogens with one attached hydrogen (secondary N) is 1. The van der Waals surface area contributed by atoms with Crippen LogP contribution in [0.15, 0.2) is 18.2 Å². The molecule has 4 heteroatoms. The summed E-state index contributed by atoms with van der Waals surface area (Å²) in [5.74, 6) is 0.805. The Labute approximate surface area is 125 Å². The second kappa shape index (κ2) is 5.98. The average molecular weight is 286 g/mol. The molecule has 1 aliphatic heterocycles. The van der Waals surface area contributed by atoms with Crippen LogP contribution in [0.5, 0.6) is 0 Å². The van der Waals surface area contributed by atoms with Crippen LogP contribution >= 0.6 is 0 Å². The van der Waals surface area contributed by atoms with Crippen molar-refractivity contribution in [2.24, 2.45) is 5.92 Å². The number of fused-ring (bicyclic) bond motifs is 1. The van der Waals surface area contributed by atoms with Crippen LogP contribution in [0.2, 0.25) is 0 Å². The summed E-state index contributed by atoms with van der Waals surface area (Å²) >= 11 is 0. The molecule has 0 radical (unpaired) electrons. The fourth-order valence-corrected chi connectivity index (χ4v) is 3.57. The Morgan fingerprint density at radius 1 is 1.38 bits per heavy atom. The lowest BCUT2D eigenvalue weighted by atomic mass is 9.96. The standard InChI is InChI=1S/C17H22N2O2/c1-18-10-12-4-3-9-19(11-12)17(21)15-6-2-5-14-13(15)7-8-16(14)20/h2,5-6,12,18H,3-4,7-11H2,1H3/t12-/m0/s1. The van der Waals surface area contributed by atoms with Crippen LogP contribution in [0.25, 0.3) is 0 Å². The molecule has 0 spiro atoms. The second-order valence-corrected chi connectivity index (χ2v) is 6.07. The van der Waals surface area contributed by atoms with Crippen LogP contribution in [0, 0.1) is 5.92 Å². The first-order valence-electron chi connectivity index (χ1n) is 7.79. The predicted octanol–water partition coefficient (Wildman–Crippen LogP) is 1.89. The summed E-state index contributed by atoms with van der Waals surface area (Å²) in [5.41, 5.74) is 2.45. The van der Waals surface area contributed by atoms with Gasteiger partial charge in [0.2, 0.25) is 0 Å². The molecule has 0 unspecified atom stereocenters. The van der Waals surface area contributed by atoms with Crippen molar-refractivity contribution >= 4 is 11.7 Å². The van der Waals surface area contributed by atoms with Crippen molar-refractivity contribution in [1.29, 1.82) is 0 Å². The summed E-state index contributed by atoms with van der Waals surface area (Å²) < 4.78 is 0. The van der Waals surface area contributed by atoms with Crippen molar-refractivity contribution in [2.45, 2.75) is 25.7 Å². The van der Waals surface area contributed by atoms with E-state index in [-0.39, 0.29) is 11.7 Å². The van der Waals surface area contributed by atoms with Gasteiger partial charge in [-0.05, 0) is 50.4 Å². The number of carbonyl (C=O) groups excluding carboxylic acids is 2. The van der Waals surface area contributed by atoms with E-state index < -0.39 is 0 Å². The van der Waals surface area contributed by atoms with Gasteiger partial charge in [0.15, 0.2) is 5.78 Å². The number of carbonyl (C=O) groups is 2. The number of piperidine rings is 1. The molecule has 0 aromatic heterocycles. The molecule has 1 aromatic carbocycles. The summed E-state index contributed by atoms with van der Waals surface area (Å²) in [5, 5.41) is 3.20. The zero-order valence-corrected chi connectivity index (χ0v) is 12.5. The van der Waals surface area contributed by atoms with Gasteiger partial charge in [-0.15, -0.1) is 0 Å². The third kappa shape index (κ3) is 2.72. The summed E-state index contributed by atoms with van der Waals surface area (Å²) in [7, 11) is 1.95. The third-order valence-electron chi connectivity index (χ3n) is 4.61. The van der Waals surface area contributed by atoms with Crippen LogP contribution in [0.3, 0.4) is 0 Å². The van der Waals surface area contributed by atoms with E-state index in [0.717, 1.165) is 42.7 Å². The number of hydrogen-bond donors (Lipinski definition) is 1. The van der Waals surface area contributed by atoms with Gasteiger partial charge in [-0.2, -0.15) is 0 Å². The minimum absolute atomic E-state index is 0.0994. The van der Waals surface area contributed by atoms with E-state index in [0.29, 0.717) is 18.8 Å². The Morgan fingerprint density at radius 2 is 2.24 bits per heavy atom. The highest BCUT2D eigenvalue weighted by atomic mass is 16.2. The highest BCUT2D eigenvalue weighted by molar-refractivity contribution is 6.05. The van der Waals surface area contributed by atoms with Crippen molar-refractivity contribution < 1.29 is 9.59 Å². The molecule has 0 saturated carbocycles. The summed E-state index contributed by atoms with van der Waals surface area (Å²) in [4.78, 5) is 26.6. The molecule has 21 heavy (non-hydrogen) atoms. The van der Waals surface area contributed by atoms with Crippen molar-refractivity contribution in [2.75, 3.05) is 26.7 Å². The quantitative estimate of drug-likeness (QED) is 0.923. The molecule has 1 aromatic rings. The number of amides is 1. The van der Waals surface area contributed by atoms with Gasteiger partial charge >= 0.3 is 0 Å². The molecule has 1 N–H and O–H groups in total. The number of likely N-dealkylation sites (tertiary alicyclic amines) is 1. The molecule has 1 fully saturated rings. The largest absolute Gasteiger partial charge is 0.338 e. The van der Waals surface area contributed by atoms with Crippen molar-refractivity contribution in [3.05, 3.63) is 34.9 Å². The Balaban J connectivity index is 1.81. The van der Waals surface area contributed by atoms with E-state index >= 15 is 0 Å². The molecule has 1 saturated heterocycles. The van der Waals surface area contributed by atoms with E-state index in [2.05, 4.69) is 5.32 Å². The molecule has 1 amide bonds. The lowest BCUT2D eigenvalue weighted by Crippen LogP contribution is -2.42. The number of benzene rings is 1. The van der Waals surface area contributed by atoms with Crippen LogP contribution in [-0.4, -0.2) is 43.3 Å². The van der Waals surface area contributed by atoms with Crippen molar-refractivity contribution in [3.8, 4) is 0 Å². The molecule has 4 nitrogen and oxygen atoms in total. The fourth-order valence-electron chi connectivity index (χ4n) is 3.57. The van der Waals surface area contributed by atoms with E-state index in [1.54, 1.807) is 0 Å². The van der Waals surface area contributed by atoms with Gasteiger partial charge in [-0.25, -0.2) is 0 Å². The van der Waals surface area contributed by atoms with Gasteiger partial charge in [0, 0.05) is 30.6 Å². The molecule has 1 atom stereocenters. The minimum Gasteiger partial charge on any atom is -0.338 e. The van der Waals surface area contributed by atoms with Crippen LogP contribution in [0.4, 0.5) is 0 Å². The minimum atomic E-state index is 0.0994. The van der Waals surface area contributed by atoms with Gasteiger partial charge in [-0.1, -0.05) is 12.1 Å². The summed E-state index contributed by atoms with van der Waals surface area (Å²) in [6.45, 7) is 2.60. The predicted molar refractivity (Wildman–Crippen MR) is 81.6 cm³/mol. The first-order valence-corrected chi connectivity index (χ1v) is 7.79. The summed E-state index contributed by atoms with van der Waals surface area (Å²) in [6, 6.07) is 5.56. The number of Topliss-reactive ketones (excluding diaryl/α,β-unsaturated/α-hetero) is 1. The number of ketones is 1. The topological polar surface area (TPSA) is 49.4 Å². The van der Waals surface area contributed by atoms with Gasteiger partial charge in [0.1, 0.15) is 0 Å². The second-order valence-electron chi connectivity index (χ2n) is 6.07. The van der Waals surface area contributed by atoms with Crippen molar-refractivity contribution in [3.63, 3.8) is 0 Å². The molecule has 1 aliphatic carbocycles. The maximum Gasteiger partial charge on any atom is 0.254 e. The molecular weight excluding hydrogens is 264 g/mol. The smallest absolute Gasteiger partial charge is 0.254 e. The zero-order valence-electron chi connectivity index (χ0n) is 12.5. The summed E-state index contributed by atoms with van der Waals surface area (Å²) in [6.07, 6.45) is 3.49. The zero-order chi connectivity index (χ0) is 14.8. The highest BCUT2D eigenvalue weighted by Crippen LogP contribution is 2.27. The van der Waals surface area contributed by atoms with Gasteiger partial charge < -0.3 is 10.2 Å². The molecule has 1 heterocycles. The normalized spacial score (nSPS) is 21.5. The van der Waals surface area contributed by atoms with Gasteiger partial charge in [0.25, 0.3) is 5.91 Å². The fraction of sp³-hybridized carbons (Fsp3) is 0.529. The average Bonchev–Trinajstić information content (AvgIpc) is 2.89.